The van der Waals surface area contributed by atoms with Crippen molar-refractivity contribution in [3.05, 3.63) is 30.0 Å². The van der Waals surface area contributed by atoms with Crippen molar-refractivity contribution >= 4 is 16.9 Å². The summed E-state index contributed by atoms with van der Waals surface area (Å²) in [6, 6.07) is 6.03. The molecule has 1 aromatic carbocycles. The lowest BCUT2D eigenvalue weighted by molar-refractivity contribution is -0.359. The molecule has 0 fully saturated rings. The average Bonchev–Trinajstić information content (AvgIpc) is 2.79. The maximum absolute atomic E-state index is 9.90. The lowest BCUT2D eigenvalue weighted by atomic mass is 10.2. The zero-order chi connectivity index (χ0) is 13.5. The van der Waals surface area contributed by atoms with Crippen LogP contribution in [0.5, 0.6) is 5.75 Å². The molecule has 0 bridgehead atoms. The zero-order valence-corrected chi connectivity index (χ0v) is 10.9. The number of quaternary nitrogens is 1. The first-order chi connectivity index (χ1) is 8.62. The molecular formula is C13H19N2O3+. The van der Waals surface area contributed by atoms with Crippen molar-refractivity contribution in [2.24, 2.45) is 0 Å². The van der Waals surface area contributed by atoms with Crippen molar-refractivity contribution < 1.29 is 20.0 Å². The van der Waals surface area contributed by atoms with Crippen molar-refractivity contribution in [3.63, 3.8) is 0 Å². The minimum atomic E-state index is -0.269. The van der Waals surface area contributed by atoms with Crippen molar-refractivity contribution in [1.29, 1.82) is 0 Å². The molecule has 0 radical (unpaired) electrons. The predicted octanol–water partition coefficient (Wildman–Crippen LogP) is 0.886. The minimum Gasteiger partial charge on any atom is -0.497 e. The standard InChI is InChI=1S/C10H11NO.C3H7NO2/c1-7-6-11-10-4-3-8(12-2)5-9(7)10;1-6-3(5)2-4/h3-6,11H,1-2H3;2,4H2,1H3/p+1. The Morgan fingerprint density at radius 1 is 1.39 bits per heavy atom. The van der Waals surface area contributed by atoms with Crippen LogP contribution in [0.2, 0.25) is 0 Å². The summed E-state index contributed by atoms with van der Waals surface area (Å²) in [4.78, 5) is 13.1. The van der Waals surface area contributed by atoms with E-state index in [1.54, 1.807) is 7.11 Å². The Kier molecular flexibility index (Phi) is 5.20. The summed E-state index contributed by atoms with van der Waals surface area (Å²) in [6.07, 6.45) is 2.00. The van der Waals surface area contributed by atoms with E-state index in [0.29, 0.717) is 0 Å². The number of carbonyl (C=O) groups is 1. The number of ether oxygens (including phenoxy) is 2. The van der Waals surface area contributed by atoms with E-state index in [9.17, 15) is 4.79 Å². The first-order valence-electron chi connectivity index (χ1n) is 5.60. The second-order valence-corrected chi connectivity index (χ2v) is 3.71. The maximum Gasteiger partial charge on any atom is 0.361 e. The number of hydrogen-bond donors (Lipinski definition) is 2. The molecule has 0 saturated carbocycles. The average molecular weight is 251 g/mol. The van der Waals surface area contributed by atoms with Gasteiger partial charge in [-0.1, -0.05) is 0 Å². The molecule has 0 unspecified atom stereocenters. The lowest BCUT2D eigenvalue weighted by Gasteiger charge is -1.98. The lowest BCUT2D eigenvalue weighted by Crippen LogP contribution is -2.54. The molecule has 0 aliphatic carbocycles. The highest BCUT2D eigenvalue weighted by molar-refractivity contribution is 5.84. The summed E-state index contributed by atoms with van der Waals surface area (Å²) in [5.74, 6) is 0.639. The molecule has 0 spiro atoms. The van der Waals surface area contributed by atoms with Gasteiger partial charge in [0.15, 0.2) is 6.54 Å². The van der Waals surface area contributed by atoms with Gasteiger partial charge in [0.05, 0.1) is 14.2 Å². The Labute approximate surface area is 106 Å². The van der Waals surface area contributed by atoms with Crippen LogP contribution in [0.3, 0.4) is 0 Å². The molecule has 98 valence electrons. The number of benzene rings is 1. The van der Waals surface area contributed by atoms with Gasteiger partial charge in [-0.05, 0) is 30.7 Å². The Bertz CT molecular complexity index is 514. The van der Waals surface area contributed by atoms with Gasteiger partial charge in [0.1, 0.15) is 5.75 Å². The van der Waals surface area contributed by atoms with Crippen molar-refractivity contribution in [3.8, 4) is 5.75 Å². The molecule has 0 aliphatic heterocycles. The number of aryl methyl sites for hydroxylation is 1. The summed E-state index contributed by atoms with van der Waals surface area (Å²) in [5.41, 5.74) is 5.70. The van der Waals surface area contributed by atoms with Gasteiger partial charge in [0, 0.05) is 17.1 Å². The molecule has 0 saturated heterocycles. The molecule has 5 heteroatoms. The van der Waals surface area contributed by atoms with E-state index >= 15 is 0 Å². The van der Waals surface area contributed by atoms with Crippen LogP contribution in [-0.2, 0) is 9.53 Å². The zero-order valence-electron chi connectivity index (χ0n) is 10.9. The van der Waals surface area contributed by atoms with E-state index in [2.05, 4.69) is 22.4 Å². The number of esters is 1. The largest absolute Gasteiger partial charge is 0.497 e. The van der Waals surface area contributed by atoms with E-state index in [1.165, 1.54) is 18.1 Å². The number of hydrogen-bond acceptors (Lipinski definition) is 3. The van der Waals surface area contributed by atoms with Crippen molar-refractivity contribution in [1.82, 2.24) is 4.98 Å². The number of fused-ring (bicyclic) bond motifs is 1. The fraction of sp³-hybridized carbons (Fsp3) is 0.308. The number of H-pyrrole nitrogens is 1. The van der Waals surface area contributed by atoms with Gasteiger partial charge in [-0.15, -0.1) is 0 Å². The summed E-state index contributed by atoms with van der Waals surface area (Å²) in [7, 11) is 3.02. The quantitative estimate of drug-likeness (QED) is 0.778. The van der Waals surface area contributed by atoms with E-state index < -0.39 is 0 Å². The van der Waals surface area contributed by atoms with E-state index in [-0.39, 0.29) is 12.5 Å². The van der Waals surface area contributed by atoms with Gasteiger partial charge in [0.2, 0.25) is 0 Å². The Balaban J connectivity index is 0.000000232. The number of rotatable bonds is 2. The fourth-order valence-corrected chi connectivity index (χ4v) is 1.47. The summed E-state index contributed by atoms with van der Waals surface area (Å²) in [6.45, 7) is 2.30. The van der Waals surface area contributed by atoms with Crippen LogP contribution in [0.25, 0.3) is 10.9 Å². The maximum atomic E-state index is 9.90. The van der Waals surface area contributed by atoms with E-state index in [0.717, 1.165) is 11.3 Å². The third-order valence-corrected chi connectivity index (χ3v) is 2.53. The van der Waals surface area contributed by atoms with Gasteiger partial charge in [-0.2, -0.15) is 0 Å². The van der Waals surface area contributed by atoms with Crippen LogP contribution in [-0.4, -0.2) is 31.7 Å². The first kappa shape index (κ1) is 14.1. The molecule has 1 aromatic heterocycles. The van der Waals surface area contributed by atoms with E-state index in [1.807, 2.05) is 24.4 Å². The van der Waals surface area contributed by atoms with E-state index in [4.69, 9.17) is 4.74 Å². The molecule has 0 atom stereocenters. The number of aromatic amines is 1. The van der Waals surface area contributed by atoms with Crippen molar-refractivity contribution in [2.45, 2.75) is 6.92 Å². The molecule has 1 heterocycles. The minimum absolute atomic E-state index is 0.219. The molecule has 5 nitrogen and oxygen atoms in total. The molecule has 2 aromatic rings. The number of methoxy groups -OCH3 is 2. The fourth-order valence-electron chi connectivity index (χ4n) is 1.47. The normalized spacial score (nSPS) is 9.56. The smallest absolute Gasteiger partial charge is 0.361 e. The SMILES string of the molecule is COC(=O)C[NH3+].COc1ccc2[nH]cc(C)c2c1. The Morgan fingerprint density at radius 3 is 2.61 bits per heavy atom. The second kappa shape index (κ2) is 6.66. The third kappa shape index (κ3) is 3.49. The monoisotopic (exact) mass is 251 g/mol. The van der Waals surface area contributed by atoms with Gasteiger partial charge in [0.25, 0.3) is 0 Å². The van der Waals surface area contributed by atoms with Crippen LogP contribution in [0.1, 0.15) is 5.56 Å². The van der Waals surface area contributed by atoms with Gasteiger partial charge < -0.3 is 20.2 Å². The third-order valence-electron chi connectivity index (χ3n) is 2.53. The van der Waals surface area contributed by atoms with Crippen LogP contribution in [0.15, 0.2) is 24.4 Å². The Morgan fingerprint density at radius 2 is 2.11 bits per heavy atom. The molecule has 0 aliphatic rings. The topological polar surface area (TPSA) is 79.0 Å². The predicted molar refractivity (Wildman–Crippen MR) is 69.4 cm³/mol. The molecule has 0 amide bonds. The summed E-state index contributed by atoms with van der Waals surface area (Å²) >= 11 is 0. The van der Waals surface area contributed by atoms with Crippen molar-refractivity contribution in [2.75, 3.05) is 20.8 Å². The molecular weight excluding hydrogens is 232 g/mol. The first-order valence-corrected chi connectivity index (χ1v) is 5.60. The molecule has 4 N–H and O–H groups in total. The van der Waals surface area contributed by atoms with Crippen LogP contribution < -0.4 is 10.5 Å². The number of aromatic nitrogens is 1. The van der Waals surface area contributed by atoms with Gasteiger partial charge in [-0.25, -0.2) is 4.79 Å². The van der Waals surface area contributed by atoms with Gasteiger partial charge >= 0.3 is 5.97 Å². The second-order valence-electron chi connectivity index (χ2n) is 3.71. The highest BCUT2D eigenvalue weighted by Gasteiger charge is 1.99. The number of carbonyl (C=O) groups excluding carboxylic acids is 1. The Hall–Kier alpha value is -2.01. The van der Waals surface area contributed by atoms with Crippen LogP contribution in [0.4, 0.5) is 0 Å². The molecule has 2 rings (SSSR count). The van der Waals surface area contributed by atoms with Crippen LogP contribution >= 0.6 is 0 Å². The summed E-state index contributed by atoms with van der Waals surface area (Å²) < 4.78 is 9.33. The molecule has 18 heavy (non-hydrogen) atoms. The van der Waals surface area contributed by atoms with Crippen LogP contribution in [0, 0.1) is 6.92 Å². The number of nitrogens with one attached hydrogen (secondary N) is 1. The highest BCUT2D eigenvalue weighted by atomic mass is 16.5. The van der Waals surface area contributed by atoms with Gasteiger partial charge in [-0.3, -0.25) is 0 Å². The highest BCUT2D eigenvalue weighted by Crippen LogP contribution is 2.22. The summed E-state index contributed by atoms with van der Waals surface area (Å²) in [5, 5.41) is 1.23.